The van der Waals surface area contributed by atoms with Gasteiger partial charge in [-0.15, -0.1) is 5.10 Å². The Hall–Kier alpha value is -4.54. The van der Waals surface area contributed by atoms with Crippen molar-refractivity contribution >= 4 is 22.8 Å². The first-order valence-electron chi connectivity index (χ1n) is 14.2. The van der Waals surface area contributed by atoms with Crippen molar-refractivity contribution in [2.24, 2.45) is 0 Å². The van der Waals surface area contributed by atoms with Crippen molar-refractivity contribution in [3.05, 3.63) is 66.1 Å². The molecule has 4 aromatic rings. The molecule has 0 radical (unpaired) electrons. The van der Waals surface area contributed by atoms with Crippen LogP contribution in [-0.2, 0) is 16.1 Å². The quantitative estimate of drug-likeness (QED) is 0.270. The minimum absolute atomic E-state index is 0.0213. The van der Waals surface area contributed by atoms with E-state index in [0.29, 0.717) is 39.6 Å². The SMILES string of the molecule is COc1cc([C@H](C(=O)NC2CCCCC2)N(Cc2ccco2)C(=O)[C@@H](C)n2nnc3ccccc32)cc(OC)c1OC. The largest absolute Gasteiger partial charge is 0.493 e. The van der Waals surface area contributed by atoms with Gasteiger partial charge in [0, 0.05) is 6.04 Å². The second-order valence-electron chi connectivity index (χ2n) is 10.4. The second-order valence-corrected chi connectivity index (χ2v) is 10.4. The maximum absolute atomic E-state index is 14.5. The fraction of sp³-hybridized carbons (Fsp3) is 0.419. The molecule has 2 atom stereocenters. The summed E-state index contributed by atoms with van der Waals surface area (Å²) in [5, 5.41) is 11.7. The molecule has 2 heterocycles. The molecule has 11 heteroatoms. The molecule has 11 nitrogen and oxygen atoms in total. The Morgan fingerprint density at radius 1 is 1.02 bits per heavy atom. The lowest BCUT2D eigenvalue weighted by atomic mass is 9.94. The summed E-state index contributed by atoms with van der Waals surface area (Å²) in [5.41, 5.74) is 1.90. The minimum Gasteiger partial charge on any atom is -0.493 e. The Labute approximate surface area is 244 Å². The summed E-state index contributed by atoms with van der Waals surface area (Å²) in [7, 11) is 4.55. The summed E-state index contributed by atoms with van der Waals surface area (Å²) in [6.07, 6.45) is 6.57. The van der Waals surface area contributed by atoms with Crippen LogP contribution >= 0.6 is 0 Å². The van der Waals surface area contributed by atoms with Crippen LogP contribution in [-0.4, -0.2) is 59.1 Å². The van der Waals surface area contributed by atoms with E-state index < -0.39 is 12.1 Å². The van der Waals surface area contributed by atoms with E-state index in [2.05, 4.69) is 15.6 Å². The molecule has 42 heavy (non-hydrogen) atoms. The number of para-hydroxylation sites is 1. The maximum Gasteiger partial charge on any atom is 0.248 e. The number of amides is 2. The van der Waals surface area contributed by atoms with Crippen LogP contribution in [0.2, 0.25) is 0 Å². The number of fused-ring (bicyclic) bond motifs is 1. The van der Waals surface area contributed by atoms with Crippen molar-refractivity contribution in [1.29, 1.82) is 0 Å². The van der Waals surface area contributed by atoms with Gasteiger partial charge in [-0.1, -0.05) is 36.6 Å². The van der Waals surface area contributed by atoms with Crippen LogP contribution in [0.25, 0.3) is 11.0 Å². The van der Waals surface area contributed by atoms with Crippen molar-refractivity contribution in [2.75, 3.05) is 21.3 Å². The summed E-state index contributed by atoms with van der Waals surface area (Å²) in [5.74, 6) is 1.04. The number of nitrogens with one attached hydrogen (secondary N) is 1. The molecule has 0 aliphatic heterocycles. The summed E-state index contributed by atoms with van der Waals surface area (Å²) >= 11 is 0. The van der Waals surface area contributed by atoms with Crippen molar-refractivity contribution < 1.29 is 28.2 Å². The third kappa shape index (κ3) is 5.90. The standard InChI is InChI=1S/C31H37N5O6/c1-20(36-25-15-9-8-14-24(25)33-34-36)31(38)35(19-23-13-10-16-42-23)28(30(37)32-22-11-6-5-7-12-22)21-17-26(39-2)29(41-4)27(18-21)40-3/h8-10,13-18,20,22,28H,5-7,11-12,19H2,1-4H3,(H,32,37)/t20-,28-/m1/s1. The Balaban J connectivity index is 1.62. The number of carbonyl (C=O) groups is 2. The lowest BCUT2D eigenvalue weighted by Crippen LogP contribution is -2.48. The Bertz CT molecular complexity index is 1490. The van der Waals surface area contributed by atoms with Gasteiger partial charge in [0.05, 0.1) is 39.7 Å². The molecule has 1 saturated carbocycles. The van der Waals surface area contributed by atoms with Crippen LogP contribution in [0.3, 0.4) is 0 Å². The van der Waals surface area contributed by atoms with Crippen molar-refractivity contribution in [3.8, 4) is 17.2 Å². The number of carbonyl (C=O) groups excluding carboxylic acids is 2. The molecule has 2 aromatic heterocycles. The molecule has 222 valence electrons. The molecule has 1 N–H and O–H groups in total. The number of ether oxygens (including phenoxy) is 3. The fourth-order valence-electron chi connectivity index (χ4n) is 5.64. The monoisotopic (exact) mass is 575 g/mol. The summed E-state index contributed by atoms with van der Waals surface area (Å²) in [4.78, 5) is 30.3. The van der Waals surface area contributed by atoms with Crippen molar-refractivity contribution in [2.45, 2.75) is 63.7 Å². The number of rotatable bonds is 11. The summed E-state index contributed by atoms with van der Waals surface area (Å²) < 4.78 is 24.0. The van der Waals surface area contributed by atoms with Gasteiger partial charge in [-0.2, -0.15) is 0 Å². The Morgan fingerprint density at radius 2 is 1.74 bits per heavy atom. The van der Waals surface area contributed by atoms with Crippen molar-refractivity contribution in [3.63, 3.8) is 0 Å². The van der Waals surface area contributed by atoms with Gasteiger partial charge in [-0.25, -0.2) is 4.68 Å². The average Bonchev–Trinajstić information content (AvgIpc) is 3.70. The maximum atomic E-state index is 14.5. The molecule has 5 rings (SSSR count). The molecular formula is C31H37N5O6. The van der Waals surface area contributed by atoms with Crippen molar-refractivity contribution in [1.82, 2.24) is 25.2 Å². The molecular weight excluding hydrogens is 538 g/mol. The van der Waals surface area contributed by atoms with Gasteiger partial charge in [-0.05, 0) is 61.7 Å². The van der Waals surface area contributed by atoms with Gasteiger partial charge in [-0.3, -0.25) is 9.59 Å². The van der Waals surface area contributed by atoms with Crippen LogP contribution < -0.4 is 19.5 Å². The van der Waals surface area contributed by atoms with E-state index in [1.54, 1.807) is 42.1 Å². The number of aromatic nitrogens is 3. The van der Waals surface area contributed by atoms with Crippen LogP contribution in [0.15, 0.2) is 59.2 Å². The fourth-order valence-corrected chi connectivity index (χ4v) is 5.64. The zero-order valence-electron chi connectivity index (χ0n) is 24.4. The van der Waals surface area contributed by atoms with E-state index in [-0.39, 0.29) is 24.4 Å². The first-order chi connectivity index (χ1) is 20.4. The predicted octanol–water partition coefficient (Wildman–Crippen LogP) is 4.83. The molecule has 1 aliphatic rings. The number of methoxy groups -OCH3 is 3. The lowest BCUT2D eigenvalue weighted by Gasteiger charge is -2.34. The smallest absolute Gasteiger partial charge is 0.248 e. The van der Waals surface area contributed by atoms with E-state index in [1.807, 2.05) is 24.3 Å². The van der Waals surface area contributed by atoms with Gasteiger partial charge < -0.3 is 28.8 Å². The number of nitrogens with zero attached hydrogens (tertiary/aromatic N) is 4. The third-order valence-corrected chi connectivity index (χ3v) is 7.81. The molecule has 1 aliphatic carbocycles. The van der Waals surface area contributed by atoms with Gasteiger partial charge >= 0.3 is 0 Å². The minimum atomic E-state index is -1.05. The summed E-state index contributed by atoms with van der Waals surface area (Å²) in [6.45, 7) is 1.80. The normalized spacial score (nSPS) is 15.1. The molecule has 0 saturated heterocycles. The van der Waals surface area contributed by atoms with Crippen LogP contribution in [0, 0.1) is 0 Å². The van der Waals surface area contributed by atoms with E-state index in [1.165, 1.54) is 26.2 Å². The van der Waals surface area contributed by atoms with Gasteiger partial charge in [0.25, 0.3) is 0 Å². The van der Waals surface area contributed by atoms with Gasteiger partial charge in [0.2, 0.25) is 17.6 Å². The molecule has 2 amide bonds. The highest BCUT2D eigenvalue weighted by atomic mass is 16.5. The second kappa shape index (κ2) is 13.0. The summed E-state index contributed by atoms with van der Waals surface area (Å²) in [6, 6.07) is 12.6. The Kier molecular flexibility index (Phi) is 8.94. The highest BCUT2D eigenvalue weighted by Gasteiger charge is 2.37. The predicted molar refractivity (Wildman–Crippen MR) is 155 cm³/mol. The number of benzene rings is 2. The highest BCUT2D eigenvalue weighted by molar-refractivity contribution is 5.91. The number of hydrogen-bond acceptors (Lipinski definition) is 8. The highest BCUT2D eigenvalue weighted by Crippen LogP contribution is 2.41. The van der Waals surface area contributed by atoms with E-state index in [9.17, 15) is 9.59 Å². The Morgan fingerprint density at radius 3 is 2.38 bits per heavy atom. The van der Waals surface area contributed by atoms with Gasteiger partial charge in [0.15, 0.2) is 11.5 Å². The van der Waals surface area contributed by atoms with E-state index >= 15 is 0 Å². The van der Waals surface area contributed by atoms with E-state index in [0.717, 1.165) is 32.1 Å². The first-order valence-corrected chi connectivity index (χ1v) is 14.2. The van der Waals surface area contributed by atoms with Gasteiger partial charge in [0.1, 0.15) is 23.4 Å². The lowest BCUT2D eigenvalue weighted by molar-refractivity contribution is -0.144. The average molecular weight is 576 g/mol. The first kappa shape index (κ1) is 29.0. The molecule has 0 unspecified atom stereocenters. The topological polar surface area (TPSA) is 121 Å². The van der Waals surface area contributed by atoms with Crippen LogP contribution in [0.4, 0.5) is 0 Å². The molecule has 0 bridgehead atoms. The zero-order chi connectivity index (χ0) is 29.6. The number of hydrogen-bond donors (Lipinski definition) is 1. The third-order valence-electron chi connectivity index (χ3n) is 7.81. The molecule has 2 aromatic carbocycles. The molecule has 1 fully saturated rings. The van der Waals surface area contributed by atoms with Crippen LogP contribution in [0.5, 0.6) is 17.2 Å². The number of furan rings is 1. The van der Waals surface area contributed by atoms with E-state index in [4.69, 9.17) is 18.6 Å². The molecule has 0 spiro atoms. The zero-order valence-corrected chi connectivity index (χ0v) is 24.4. The van der Waals surface area contributed by atoms with Crippen LogP contribution in [0.1, 0.15) is 62.4 Å².